The lowest BCUT2D eigenvalue weighted by Crippen LogP contribution is -2.58. The second kappa shape index (κ2) is 6.91. The molecule has 1 N–H and O–H groups in total. The average molecular weight is 252 g/mol. The lowest BCUT2D eigenvalue weighted by atomic mass is 9.82. The maximum atomic E-state index is 3.82. The van der Waals surface area contributed by atoms with E-state index in [0.29, 0.717) is 0 Å². The number of nitrogens with one attached hydrogen (secondary N) is 1. The van der Waals surface area contributed by atoms with Crippen molar-refractivity contribution in [1.82, 2.24) is 10.2 Å². The fourth-order valence-corrected chi connectivity index (χ4v) is 3.58. The summed E-state index contributed by atoms with van der Waals surface area (Å²) in [6.45, 7) is 10.9. The van der Waals surface area contributed by atoms with Gasteiger partial charge in [-0.1, -0.05) is 39.5 Å². The van der Waals surface area contributed by atoms with Gasteiger partial charge in [0.25, 0.3) is 0 Å². The number of hydrogen-bond donors (Lipinski definition) is 1. The summed E-state index contributed by atoms with van der Waals surface area (Å²) in [7, 11) is 0. The molecule has 1 aliphatic heterocycles. The molecule has 0 spiro atoms. The largest absolute Gasteiger partial charge is 0.311 e. The van der Waals surface area contributed by atoms with Crippen LogP contribution in [0.25, 0.3) is 0 Å². The Morgan fingerprint density at radius 1 is 1.22 bits per heavy atom. The normalized spacial score (nSPS) is 33.5. The topological polar surface area (TPSA) is 15.3 Å². The number of nitrogens with zero attached hydrogens (tertiary/aromatic N) is 1. The van der Waals surface area contributed by atoms with Gasteiger partial charge in [-0.15, -0.1) is 0 Å². The van der Waals surface area contributed by atoms with Crippen molar-refractivity contribution in [1.29, 1.82) is 0 Å². The maximum absolute atomic E-state index is 3.82. The molecule has 1 saturated carbocycles. The summed E-state index contributed by atoms with van der Waals surface area (Å²) in [6.07, 6.45) is 8.63. The lowest BCUT2D eigenvalue weighted by molar-refractivity contribution is 0.0909. The molecule has 1 saturated heterocycles. The molecule has 1 aliphatic carbocycles. The van der Waals surface area contributed by atoms with Gasteiger partial charge in [-0.05, 0) is 31.6 Å². The molecule has 18 heavy (non-hydrogen) atoms. The molecular formula is C16H32N2. The molecule has 3 atom stereocenters. The predicted molar refractivity (Wildman–Crippen MR) is 78.9 cm³/mol. The quantitative estimate of drug-likeness (QED) is 0.826. The highest BCUT2D eigenvalue weighted by molar-refractivity contribution is 4.89. The van der Waals surface area contributed by atoms with Crippen molar-refractivity contribution in [2.45, 2.75) is 71.4 Å². The van der Waals surface area contributed by atoms with E-state index in [2.05, 4.69) is 31.0 Å². The van der Waals surface area contributed by atoms with E-state index in [1.54, 1.807) is 0 Å². The Balaban J connectivity index is 1.86. The smallest absolute Gasteiger partial charge is 0.0224 e. The van der Waals surface area contributed by atoms with Crippen molar-refractivity contribution < 1.29 is 0 Å². The first-order chi connectivity index (χ1) is 8.70. The summed E-state index contributed by atoms with van der Waals surface area (Å²) < 4.78 is 0. The van der Waals surface area contributed by atoms with Gasteiger partial charge in [0.05, 0.1) is 0 Å². The summed E-state index contributed by atoms with van der Waals surface area (Å²) >= 11 is 0. The molecule has 2 fully saturated rings. The fraction of sp³-hybridized carbons (Fsp3) is 1.00. The van der Waals surface area contributed by atoms with Crippen LogP contribution in [0, 0.1) is 11.8 Å². The summed E-state index contributed by atoms with van der Waals surface area (Å²) in [5, 5.41) is 3.82. The third-order valence-electron chi connectivity index (χ3n) is 5.19. The van der Waals surface area contributed by atoms with Crippen LogP contribution in [0.3, 0.4) is 0 Å². The standard InChI is InChI=1S/C16H32N2/c1-4-13(2)11-18-12-16(17-10-14(18)3)15-8-6-5-7-9-15/h13-17H,4-12H2,1-3H3. The zero-order valence-corrected chi connectivity index (χ0v) is 12.6. The van der Waals surface area contributed by atoms with Gasteiger partial charge in [-0.2, -0.15) is 0 Å². The Morgan fingerprint density at radius 3 is 2.61 bits per heavy atom. The summed E-state index contributed by atoms with van der Waals surface area (Å²) in [5.74, 6) is 1.79. The van der Waals surface area contributed by atoms with Crippen LogP contribution in [0.5, 0.6) is 0 Å². The summed E-state index contributed by atoms with van der Waals surface area (Å²) in [4.78, 5) is 2.74. The van der Waals surface area contributed by atoms with E-state index in [1.165, 1.54) is 58.2 Å². The van der Waals surface area contributed by atoms with Crippen molar-refractivity contribution in [3.63, 3.8) is 0 Å². The first-order valence-corrected chi connectivity index (χ1v) is 8.18. The van der Waals surface area contributed by atoms with Crippen LogP contribution in [0.15, 0.2) is 0 Å². The molecule has 2 nitrogen and oxygen atoms in total. The first-order valence-electron chi connectivity index (χ1n) is 8.18. The first kappa shape index (κ1) is 14.3. The second-order valence-electron chi connectivity index (χ2n) is 6.73. The minimum Gasteiger partial charge on any atom is -0.311 e. The second-order valence-corrected chi connectivity index (χ2v) is 6.73. The number of piperazine rings is 1. The minimum atomic E-state index is 0.721. The SMILES string of the molecule is CCC(C)CN1CC(C2CCCCC2)NCC1C. The van der Waals surface area contributed by atoms with Crippen molar-refractivity contribution in [3.8, 4) is 0 Å². The van der Waals surface area contributed by atoms with Crippen LogP contribution in [0.1, 0.15) is 59.3 Å². The zero-order valence-electron chi connectivity index (χ0n) is 12.6. The Bertz CT molecular complexity index is 235. The Hall–Kier alpha value is -0.0800. The van der Waals surface area contributed by atoms with Crippen LogP contribution >= 0.6 is 0 Å². The monoisotopic (exact) mass is 252 g/mol. The number of hydrogen-bond acceptors (Lipinski definition) is 2. The molecular weight excluding hydrogens is 220 g/mol. The third kappa shape index (κ3) is 3.71. The van der Waals surface area contributed by atoms with Crippen LogP contribution < -0.4 is 5.32 Å². The van der Waals surface area contributed by atoms with E-state index in [4.69, 9.17) is 0 Å². The molecule has 2 heteroatoms. The Labute approximate surface area is 114 Å². The van der Waals surface area contributed by atoms with Gasteiger partial charge in [-0.3, -0.25) is 4.90 Å². The highest BCUT2D eigenvalue weighted by Crippen LogP contribution is 2.28. The van der Waals surface area contributed by atoms with Crippen molar-refractivity contribution in [3.05, 3.63) is 0 Å². The van der Waals surface area contributed by atoms with E-state index in [-0.39, 0.29) is 0 Å². The average Bonchev–Trinajstić information content (AvgIpc) is 2.42. The van der Waals surface area contributed by atoms with Crippen molar-refractivity contribution in [2.75, 3.05) is 19.6 Å². The molecule has 3 unspecified atom stereocenters. The molecule has 106 valence electrons. The van der Waals surface area contributed by atoms with Gasteiger partial charge in [-0.25, -0.2) is 0 Å². The van der Waals surface area contributed by atoms with Crippen LogP contribution in [-0.2, 0) is 0 Å². The van der Waals surface area contributed by atoms with E-state index in [1.807, 2.05) is 0 Å². The van der Waals surface area contributed by atoms with Crippen molar-refractivity contribution >= 4 is 0 Å². The molecule has 2 aliphatic rings. The van der Waals surface area contributed by atoms with E-state index in [9.17, 15) is 0 Å². The molecule has 0 amide bonds. The molecule has 1 heterocycles. The lowest BCUT2D eigenvalue weighted by Gasteiger charge is -2.43. The molecule has 0 bridgehead atoms. The van der Waals surface area contributed by atoms with E-state index >= 15 is 0 Å². The van der Waals surface area contributed by atoms with E-state index < -0.39 is 0 Å². The van der Waals surface area contributed by atoms with Crippen LogP contribution in [0.4, 0.5) is 0 Å². The Kier molecular flexibility index (Phi) is 5.50. The molecule has 0 radical (unpaired) electrons. The van der Waals surface area contributed by atoms with Crippen molar-refractivity contribution in [2.24, 2.45) is 11.8 Å². The van der Waals surface area contributed by atoms with Gasteiger partial charge in [0.1, 0.15) is 0 Å². The van der Waals surface area contributed by atoms with E-state index in [0.717, 1.165) is 23.9 Å². The predicted octanol–water partition coefficient (Wildman–Crippen LogP) is 3.28. The maximum Gasteiger partial charge on any atom is 0.0224 e. The minimum absolute atomic E-state index is 0.721. The van der Waals surface area contributed by atoms with Gasteiger partial charge in [0.15, 0.2) is 0 Å². The van der Waals surface area contributed by atoms with Crippen LogP contribution in [0.2, 0.25) is 0 Å². The molecule has 0 aromatic rings. The zero-order chi connectivity index (χ0) is 13.0. The van der Waals surface area contributed by atoms with Gasteiger partial charge in [0, 0.05) is 31.7 Å². The van der Waals surface area contributed by atoms with Gasteiger partial charge in [0.2, 0.25) is 0 Å². The molecule has 0 aromatic heterocycles. The highest BCUT2D eigenvalue weighted by atomic mass is 15.2. The van der Waals surface area contributed by atoms with Crippen LogP contribution in [-0.4, -0.2) is 36.6 Å². The summed E-state index contributed by atoms with van der Waals surface area (Å²) in [5.41, 5.74) is 0. The summed E-state index contributed by atoms with van der Waals surface area (Å²) in [6, 6.07) is 1.49. The Morgan fingerprint density at radius 2 is 1.94 bits per heavy atom. The van der Waals surface area contributed by atoms with Gasteiger partial charge < -0.3 is 5.32 Å². The highest BCUT2D eigenvalue weighted by Gasteiger charge is 2.31. The number of rotatable bonds is 4. The fourth-order valence-electron chi connectivity index (χ4n) is 3.58. The molecule has 0 aromatic carbocycles. The molecule has 2 rings (SSSR count). The third-order valence-corrected chi connectivity index (χ3v) is 5.19. The van der Waals surface area contributed by atoms with Gasteiger partial charge >= 0.3 is 0 Å².